The van der Waals surface area contributed by atoms with E-state index in [1.165, 1.54) is 23.2 Å². The van der Waals surface area contributed by atoms with E-state index >= 15 is 0 Å². The molecule has 0 spiro atoms. The molecule has 0 radical (unpaired) electrons. The fourth-order valence-corrected chi connectivity index (χ4v) is 3.66. The second kappa shape index (κ2) is 4.79. The fourth-order valence-electron chi connectivity index (χ4n) is 3.56. The average molecular weight is 298 g/mol. The Kier molecular flexibility index (Phi) is 2.91. The minimum atomic E-state index is -0.441. The first-order chi connectivity index (χ1) is 10.3. The number of nitrogens with zero attached hydrogens (tertiary/aromatic N) is 2. The zero-order chi connectivity index (χ0) is 14.4. The Morgan fingerprint density at radius 1 is 1.24 bits per heavy atom. The van der Waals surface area contributed by atoms with E-state index in [0.717, 1.165) is 37.7 Å². The number of fused-ring (bicyclic) bond motifs is 2. The van der Waals surface area contributed by atoms with Gasteiger partial charge in [-0.15, -0.1) is 0 Å². The van der Waals surface area contributed by atoms with Crippen LogP contribution in [-0.4, -0.2) is 18.3 Å². The van der Waals surface area contributed by atoms with Crippen molar-refractivity contribution in [3.8, 4) is 0 Å². The molecule has 0 atom stereocenters. The first kappa shape index (κ1) is 12.7. The molecule has 21 heavy (non-hydrogen) atoms. The number of thiocarbonyl (C=S) groups is 1. The molecule has 4 rings (SSSR count). The Bertz CT molecular complexity index is 847. The third kappa shape index (κ3) is 1.93. The quantitative estimate of drug-likeness (QED) is 0.461. The van der Waals surface area contributed by atoms with E-state index in [4.69, 9.17) is 4.42 Å². The van der Waals surface area contributed by atoms with Crippen molar-refractivity contribution in [3.63, 3.8) is 0 Å². The van der Waals surface area contributed by atoms with Crippen molar-refractivity contribution in [2.75, 3.05) is 18.0 Å². The predicted molar refractivity (Wildman–Crippen MR) is 86.0 cm³/mol. The number of isothiocyanates is 1. The number of hydrogen-bond acceptors (Lipinski definition) is 5. The van der Waals surface area contributed by atoms with Gasteiger partial charge in [0.15, 0.2) is 5.69 Å². The van der Waals surface area contributed by atoms with Crippen molar-refractivity contribution in [1.82, 2.24) is 0 Å². The third-order valence-corrected chi connectivity index (χ3v) is 4.45. The van der Waals surface area contributed by atoms with Crippen LogP contribution in [0.4, 0.5) is 11.4 Å². The van der Waals surface area contributed by atoms with E-state index in [-0.39, 0.29) is 5.69 Å². The summed E-state index contributed by atoms with van der Waals surface area (Å²) in [5.41, 5.74) is 4.35. The Hall–Kier alpha value is -1.97. The van der Waals surface area contributed by atoms with Gasteiger partial charge in [-0.2, -0.15) is 4.99 Å². The van der Waals surface area contributed by atoms with Gasteiger partial charge in [-0.3, -0.25) is 0 Å². The molecular weight excluding hydrogens is 284 g/mol. The molecule has 0 aliphatic carbocycles. The highest BCUT2D eigenvalue weighted by molar-refractivity contribution is 7.78. The van der Waals surface area contributed by atoms with Gasteiger partial charge in [0.2, 0.25) is 0 Å². The summed E-state index contributed by atoms with van der Waals surface area (Å²) < 4.78 is 5.55. The molecule has 2 aliphatic rings. The largest absolute Gasteiger partial charge is 0.421 e. The van der Waals surface area contributed by atoms with Crippen LogP contribution < -0.4 is 10.5 Å². The van der Waals surface area contributed by atoms with E-state index in [1.807, 2.05) is 0 Å². The number of benzene rings is 1. The highest BCUT2D eigenvalue weighted by Crippen LogP contribution is 2.39. The zero-order valence-electron chi connectivity index (χ0n) is 11.5. The van der Waals surface area contributed by atoms with E-state index in [2.05, 4.69) is 33.3 Å². The van der Waals surface area contributed by atoms with Crippen molar-refractivity contribution in [2.24, 2.45) is 4.99 Å². The maximum atomic E-state index is 12.0. The molecule has 2 aliphatic heterocycles. The van der Waals surface area contributed by atoms with Crippen LogP contribution in [0.15, 0.2) is 26.3 Å². The molecular formula is C16H14N2O2S. The molecule has 4 nitrogen and oxygen atoms in total. The number of aryl methyl sites for hydroxylation is 2. The number of anilines is 1. The normalized spacial score (nSPS) is 16.5. The van der Waals surface area contributed by atoms with Gasteiger partial charge in [0, 0.05) is 29.7 Å². The van der Waals surface area contributed by atoms with Crippen molar-refractivity contribution >= 4 is 39.7 Å². The molecule has 0 N–H and O–H groups in total. The van der Waals surface area contributed by atoms with Crippen molar-refractivity contribution in [3.05, 3.63) is 33.7 Å². The summed E-state index contributed by atoms with van der Waals surface area (Å²) in [5, 5.41) is 3.18. The first-order valence-electron chi connectivity index (χ1n) is 7.23. The minimum Gasteiger partial charge on any atom is -0.421 e. The van der Waals surface area contributed by atoms with Crippen LogP contribution in [0.5, 0.6) is 0 Å². The Morgan fingerprint density at radius 3 is 2.86 bits per heavy atom. The van der Waals surface area contributed by atoms with E-state index in [1.54, 1.807) is 6.07 Å². The molecule has 0 amide bonds. The zero-order valence-corrected chi connectivity index (χ0v) is 12.3. The van der Waals surface area contributed by atoms with Crippen LogP contribution in [0, 0.1) is 0 Å². The average Bonchev–Trinajstić information content (AvgIpc) is 2.50. The monoisotopic (exact) mass is 298 g/mol. The lowest BCUT2D eigenvalue weighted by Gasteiger charge is -2.37. The van der Waals surface area contributed by atoms with Crippen molar-refractivity contribution in [1.29, 1.82) is 0 Å². The van der Waals surface area contributed by atoms with Crippen LogP contribution in [0.25, 0.3) is 11.0 Å². The van der Waals surface area contributed by atoms with Crippen molar-refractivity contribution in [2.45, 2.75) is 25.7 Å². The minimum absolute atomic E-state index is 0.230. The Morgan fingerprint density at radius 2 is 2.05 bits per heavy atom. The summed E-state index contributed by atoms with van der Waals surface area (Å²) in [4.78, 5) is 18.2. The Labute approximate surface area is 127 Å². The summed E-state index contributed by atoms with van der Waals surface area (Å²) >= 11 is 4.58. The standard InChI is InChI=1S/C16H14N2O2S/c19-16-13(17-9-21)8-11-7-10-3-1-5-18-6-2-4-12(14(10)18)15(11)20-16/h7-8H,1-6H2. The molecule has 2 aromatic rings. The highest BCUT2D eigenvalue weighted by Gasteiger charge is 2.26. The number of aliphatic imine (C=N–C) groups is 1. The van der Waals surface area contributed by atoms with E-state index in [9.17, 15) is 4.79 Å². The van der Waals surface area contributed by atoms with Gasteiger partial charge in [0.05, 0.1) is 5.16 Å². The third-order valence-electron chi connectivity index (χ3n) is 4.36. The molecule has 3 heterocycles. The van der Waals surface area contributed by atoms with Crippen molar-refractivity contribution < 1.29 is 4.42 Å². The van der Waals surface area contributed by atoms with Gasteiger partial charge in [-0.25, -0.2) is 4.79 Å². The van der Waals surface area contributed by atoms with Crippen LogP contribution >= 0.6 is 12.2 Å². The SMILES string of the molecule is O=c1oc2c3c4c(cc2cc1N=C=S)CCCN4CCC3. The lowest BCUT2D eigenvalue weighted by atomic mass is 9.90. The predicted octanol–water partition coefficient (Wildman–Crippen LogP) is 3.23. The first-order valence-corrected chi connectivity index (χ1v) is 7.64. The number of hydrogen-bond donors (Lipinski definition) is 0. The van der Waals surface area contributed by atoms with Crippen LogP contribution in [0.2, 0.25) is 0 Å². The molecule has 0 saturated carbocycles. The smallest absolute Gasteiger partial charge is 0.363 e. The summed E-state index contributed by atoms with van der Waals surface area (Å²) in [6, 6.07) is 3.90. The fraction of sp³-hybridized carbons (Fsp3) is 0.375. The maximum Gasteiger partial charge on any atom is 0.363 e. The second-order valence-corrected chi connectivity index (χ2v) is 5.78. The van der Waals surface area contributed by atoms with Gasteiger partial charge in [0.1, 0.15) is 5.58 Å². The number of rotatable bonds is 1. The topological polar surface area (TPSA) is 45.8 Å². The lowest BCUT2D eigenvalue weighted by molar-refractivity contribution is 0.551. The van der Waals surface area contributed by atoms with Gasteiger partial charge < -0.3 is 9.32 Å². The molecule has 106 valence electrons. The van der Waals surface area contributed by atoms with Gasteiger partial charge in [-0.05, 0) is 55.6 Å². The summed E-state index contributed by atoms with van der Waals surface area (Å²) in [6.07, 6.45) is 4.34. The molecule has 1 aromatic carbocycles. The van der Waals surface area contributed by atoms with Crippen LogP contribution in [0.3, 0.4) is 0 Å². The maximum absolute atomic E-state index is 12.0. The van der Waals surface area contributed by atoms with Crippen LogP contribution in [-0.2, 0) is 12.8 Å². The summed E-state index contributed by atoms with van der Waals surface area (Å²) in [7, 11) is 0. The molecule has 0 unspecified atom stereocenters. The lowest BCUT2D eigenvalue weighted by Crippen LogP contribution is -2.34. The summed E-state index contributed by atoms with van der Waals surface area (Å²) in [6.45, 7) is 2.20. The second-order valence-electron chi connectivity index (χ2n) is 5.60. The molecule has 5 heteroatoms. The molecule has 0 saturated heterocycles. The van der Waals surface area contributed by atoms with Gasteiger partial charge in [0.25, 0.3) is 0 Å². The highest BCUT2D eigenvalue weighted by atomic mass is 32.1. The Balaban J connectivity index is 2.07. The van der Waals surface area contributed by atoms with E-state index < -0.39 is 5.63 Å². The van der Waals surface area contributed by atoms with E-state index in [0.29, 0.717) is 5.58 Å². The van der Waals surface area contributed by atoms with Gasteiger partial charge in [-0.1, -0.05) is 0 Å². The summed E-state index contributed by atoms with van der Waals surface area (Å²) in [5.74, 6) is 0. The van der Waals surface area contributed by atoms with Crippen LogP contribution in [0.1, 0.15) is 24.0 Å². The molecule has 1 aromatic heterocycles. The molecule has 0 fully saturated rings. The molecule has 0 bridgehead atoms. The van der Waals surface area contributed by atoms with Gasteiger partial charge >= 0.3 is 5.63 Å².